The van der Waals surface area contributed by atoms with Crippen molar-refractivity contribution in [3.05, 3.63) is 82.7 Å². The van der Waals surface area contributed by atoms with Crippen LogP contribution in [-0.2, 0) is 17.7 Å². The van der Waals surface area contributed by atoms with Gasteiger partial charge in [0.2, 0.25) is 0 Å². The van der Waals surface area contributed by atoms with Crippen LogP contribution in [0.25, 0.3) is 22.2 Å². The van der Waals surface area contributed by atoms with Crippen LogP contribution in [-0.4, -0.2) is 27.2 Å². The van der Waals surface area contributed by atoms with Crippen LogP contribution < -0.4 is 0 Å². The number of aryl methyl sites for hydroxylation is 1. The summed E-state index contributed by atoms with van der Waals surface area (Å²) in [4.78, 5) is 16.8. The number of benzene rings is 3. The van der Waals surface area contributed by atoms with Crippen molar-refractivity contribution in [1.29, 1.82) is 0 Å². The van der Waals surface area contributed by atoms with Crippen LogP contribution in [0.2, 0.25) is 0 Å². The fourth-order valence-electron chi connectivity index (χ4n) is 4.33. The fourth-order valence-corrected chi connectivity index (χ4v) is 4.33. The Balaban J connectivity index is 1.55. The molecule has 0 atom stereocenters. The monoisotopic (exact) mass is 398 g/mol. The van der Waals surface area contributed by atoms with Crippen LogP contribution in [0.15, 0.2) is 54.6 Å². The molecule has 0 amide bonds. The van der Waals surface area contributed by atoms with Gasteiger partial charge < -0.3 is 14.4 Å². The molecule has 1 aromatic heterocycles. The van der Waals surface area contributed by atoms with Gasteiger partial charge in [0.05, 0.1) is 29.7 Å². The molecule has 1 N–H and O–H groups in total. The summed E-state index contributed by atoms with van der Waals surface area (Å²) in [6.45, 7) is 4.54. The molecular formula is C25H22N2O3. The molecule has 1 aliphatic rings. The maximum Gasteiger partial charge on any atom is 0.338 e. The van der Waals surface area contributed by atoms with E-state index in [2.05, 4.69) is 23.2 Å². The number of rotatable bonds is 4. The first-order chi connectivity index (χ1) is 14.6. The molecule has 0 saturated heterocycles. The minimum Gasteiger partial charge on any atom is -0.507 e. The number of hydrogen-bond donors (Lipinski definition) is 1. The van der Waals surface area contributed by atoms with Gasteiger partial charge in [-0.2, -0.15) is 0 Å². The summed E-state index contributed by atoms with van der Waals surface area (Å²) in [6, 6.07) is 17.7. The van der Waals surface area contributed by atoms with Gasteiger partial charge in [0.15, 0.2) is 0 Å². The quantitative estimate of drug-likeness (QED) is 0.440. The number of imidazole rings is 1. The van der Waals surface area contributed by atoms with E-state index in [0.717, 1.165) is 40.0 Å². The zero-order valence-electron chi connectivity index (χ0n) is 17.0. The third-order valence-corrected chi connectivity index (χ3v) is 5.82. The Labute approximate surface area is 174 Å². The Bertz CT molecular complexity index is 1300. The molecule has 4 aromatic rings. The number of nitrogens with zero attached hydrogens (tertiary/aromatic N) is 2. The Morgan fingerprint density at radius 2 is 1.97 bits per heavy atom. The lowest BCUT2D eigenvalue weighted by atomic mass is 10.0. The Hall–Kier alpha value is -3.60. The van der Waals surface area contributed by atoms with E-state index in [9.17, 15) is 9.90 Å². The summed E-state index contributed by atoms with van der Waals surface area (Å²) in [7, 11) is 0. The van der Waals surface area contributed by atoms with E-state index in [0.29, 0.717) is 24.5 Å². The number of fused-ring (bicyclic) bond motifs is 4. The summed E-state index contributed by atoms with van der Waals surface area (Å²) in [6.07, 6.45) is 0.738. The van der Waals surface area contributed by atoms with E-state index >= 15 is 0 Å². The van der Waals surface area contributed by atoms with Gasteiger partial charge in [0, 0.05) is 17.5 Å². The van der Waals surface area contributed by atoms with Crippen LogP contribution in [0.1, 0.15) is 39.8 Å². The first-order valence-electron chi connectivity index (χ1n) is 10.1. The molecule has 0 saturated carbocycles. The number of phenols is 1. The maximum atomic E-state index is 12.2. The Morgan fingerprint density at radius 1 is 1.13 bits per heavy atom. The fraction of sp³-hybridized carbons (Fsp3) is 0.200. The molecule has 1 heterocycles. The minimum absolute atomic E-state index is 0.334. The van der Waals surface area contributed by atoms with E-state index in [1.165, 1.54) is 11.1 Å². The maximum absolute atomic E-state index is 12.2. The predicted octanol–water partition coefficient (Wildman–Crippen LogP) is 4.85. The van der Waals surface area contributed by atoms with Crippen molar-refractivity contribution in [2.24, 2.45) is 0 Å². The van der Waals surface area contributed by atoms with Gasteiger partial charge >= 0.3 is 5.97 Å². The van der Waals surface area contributed by atoms with Crippen molar-refractivity contribution in [3.63, 3.8) is 0 Å². The van der Waals surface area contributed by atoms with Gasteiger partial charge in [-0.05, 0) is 48.7 Å². The van der Waals surface area contributed by atoms with Gasteiger partial charge in [0.1, 0.15) is 11.6 Å². The average Bonchev–Trinajstić information content (AvgIpc) is 3.28. The molecule has 5 rings (SSSR count). The van der Waals surface area contributed by atoms with Crippen molar-refractivity contribution < 1.29 is 14.6 Å². The summed E-state index contributed by atoms with van der Waals surface area (Å²) >= 11 is 0. The molecule has 0 bridgehead atoms. The summed E-state index contributed by atoms with van der Waals surface area (Å²) in [5.41, 5.74) is 7.51. The smallest absolute Gasteiger partial charge is 0.338 e. The zero-order valence-corrected chi connectivity index (χ0v) is 17.0. The molecule has 0 fully saturated rings. The minimum atomic E-state index is -0.344. The summed E-state index contributed by atoms with van der Waals surface area (Å²) in [5, 5.41) is 11.0. The van der Waals surface area contributed by atoms with Crippen molar-refractivity contribution in [1.82, 2.24) is 9.55 Å². The molecule has 0 radical (unpaired) electrons. The highest BCUT2D eigenvalue weighted by molar-refractivity contribution is 5.93. The first kappa shape index (κ1) is 18.4. The highest BCUT2D eigenvalue weighted by Crippen LogP contribution is 2.42. The molecule has 5 heteroatoms. The van der Waals surface area contributed by atoms with Crippen LogP contribution in [0.4, 0.5) is 0 Å². The van der Waals surface area contributed by atoms with Crippen LogP contribution in [0.5, 0.6) is 5.75 Å². The number of carbonyl (C=O) groups is 1. The lowest BCUT2D eigenvalue weighted by Crippen LogP contribution is -2.06. The standard InChI is InChI=1S/C25H22N2O3/c1-3-30-25(29)17-9-11-22-23(13-17)27(15(2)26-22)14-18-8-10-20-19-7-5-4-6-16(19)12-21(20)24(18)28/h4-11,13,28H,3,12,14H2,1-2H3. The second kappa shape index (κ2) is 7.02. The molecule has 0 aliphatic heterocycles. The largest absolute Gasteiger partial charge is 0.507 e. The lowest BCUT2D eigenvalue weighted by molar-refractivity contribution is 0.0526. The van der Waals surface area contributed by atoms with E-state index in [1.54, 1.807) is 13.0 Å². The zero-order chi connectivity index (χ0) is 20.8. The van der Waals surface area contributed by atoms with Gasteiger partial charge in [-0.25, -0.2) is 9.78 Å². The second-order valence-corrected chi connectivity index (χ2v) is 7.60. The van der Waals surface area contributed by atoms with Crippen molar-refractivity contribution >= 4 is 17.0 Å². The van der Waals surface area contributed by atoms with Crippen LogP contribution in [0, 0.1) is 6.92 Å². The predicted molar refractivity (Wildman–Crippen MR) is 116 cm³/mol. The molecule has 5 nitrogen and oxygen atoms in total. The Morgan fingerprint density at radius 3 is 2.80 bits per heavy atom. The summed E-state index contributed by atoms with van der Waals surface area (Å²) < 4.78 is 7.16. The van der Waals surface area contributed by atoms with E-state index in [4.69, 9.17) is 4.74 Å². The third-order valence-electron chi connectivity index (χ3n) is 5.82. The Kier molecular flexibility index (Phi) is 4.31. The van der Waals surface area contributed by atoms with Gasteiger partial charge in [-0.3, -0.25) is 0 Å². The van der Waals surface area contributed by atoms with Gasteiger partial charge in [0.25, 0.3) is 0 Å². The number of carbonyl (C=O) groups excluding carboxylic acids is 1. The van der Waals surface area contributed by atoms with Gasteiger partial charge in [-0.1, -0.05) is 36.4 Å². The molecule has 0 spiro atoms. The molecule has 150 valence electrons. The van der Waals surface area contributed by atoms with Crippen LogP contribution >= 0.6 is 0 Å². The molecule has 0 unspecified atom stereocenters. The molecule has 3 aromatic carbocycles. The SMILES string of the molecule is CCOC(=O)c1ccc2nc(C)n(Cc3ccc4c(c3O)Cc3ccccc3-4)c2c1. The molecular weight excluding hydrogens is 376 g/mol. The highest BCUT2D eigenvalue weighted by atomic mass is 16.5. The number of hydrogen-bond acceptors (Lipinski definition) is 4. The highest BCUT2D eigenvalue weighted by Gasteiger charge is 2.23. The number of ether oxygens (including phenoxy) is 1. The van der Waals surface area contributed by atoms with Gasteiger partial charge in [-0.15, -0.1) is 0 Å². The average molecular weight is 398 g/mol. The first-order valence-corrected chi connectivity index (χ1v) is 10.1. The molecule has 1 aliphatic carbocycles. The number of aromatic nitrogens is 2. The number of phenolic OH excluding ortho intramolecular Hbond substituents is 1. The lowest BCUT2D eigenvalue weighted by Gasteiger charge is -2.12. The topological polar surface area (TPSA) is 64.3 Å². The molecule has 30 heavy (non-hydrogen) atoms. The van der Waals surface area contributed by atoms with Crippen molar-refractivity contribution in [2.75, 3.05) is 6.61 Å². The van der Waals surface area contributed by atoms with E-state index in [1.807, 2.05) is 41.8 Å². The number of esters is 1. The number of aromatic hydroxyl groups is 1. The second-order valence-electron chi connectivity index (χ2n) is 7.60. The third kappa shape index (κ3) is 2.86. The van der Waals surface area contributed by atoms with E-state index in [-0.39, 0.29) is 5.97 Å². The van der Waals surface area contributed by atoms with Crippen molar-refractivity contribution in [3.8, 4) is 16.9 Å². The van der Waals surface area contributed by atoms with Crippen molar-refractivity contribution in [2.45, 2.75) is 26.8 Å². The van der Waals surface area contributed by atoms with E-state index < -0.39 is 0 Å². The van der Waals surface area contributed by atoms with Crippen LogP contribution in [0.3, 0.4) is 0 Å². The normalized spacial score (nSPS) is 12.1. The summed E-state index contributed by atoms with van der Waals surface area (Å²) in [5.74, 6) is 0.823.